The molecule has 2 aromatic rings. The molecule has 126 valence electrons. The standard InChI is InChI=1S/C19H18ClFO3/c1-2-23-19(22)24-18(15-9-6-10-16(21)13-15)17(11-12-20)14-7-4-3-5-8-14/h3-11,13,18H,2,12H2,1H3/b17-11+. The summed E-state index contributed by atoms with van der Waals surface area (Å²) in [6.07, 6.45) is 0.107. The van der Waals surface area contributed by atoms with Gasteiger partial charge in [-0.3, -0.25) is 0 Å². The molecular weight excluding hydrogens is 331 g/mol. The average molecular weight is 349 g/mol. The van der Waals surface area contributed by atoms with E-state index < -0.39 is 18.1 Å². The lowest BCUT2D eigenvalue weighted by Gasteiger charge is -2.21. The molecule has 1 atom stereocenters. The first-order valence-electron chi connectivity index (χ1n) is 7.56. The first-order chi connectivity index (χ1) is 11.7. The van der Waals surface area contributed by atoms with Crippen LogP contribution in [-0.4, -0.2) is 18.6 Å². The smallest absolute Gasteiger partial charge is 0.435 e. The first kappa shape index (κ1) is 18.0. The van der Waals surface area contributed by atoms with Crippen molar-refractivity contribution < 1.29 is 18.7 Å². The van der Waals surface area contributed by atoms with E-state index in [9.17, 15) is 9.18 Å². The second-order valence-electron chi connectivity index (χ2n) is 4.92. The molecule has 2 aromatic carbocycles. The molecule has 3 nitrogen and oxygen atoms in total. The molecule has 0 radical (unpaired) electrons. The highest BCUT2D eigenvalue weighted by Gasteiger charge is 2.23. The maximum absolute atomic E-state index is 13.6. The SMILES string of the molecule is CCOC(=O)OC(/C(=C/CCl)c1ccccc1)c1cccc(F)c1. The van der Waals surface area contributed by atoms with Crippen LogP contribution in [0.1, 0.15) is 24.2 Å². The highest BCUT2D eigenvalue weighted by atomic mass is 35.5. The molecule has 1 unspecified atom stereocenters. The van der Waals surface area contributed by atoms with Crippen LogP contribution in [0, 0.1) is 5.82 Å². The molecule has 0 heterocycles. The number of allylic oxidation sites excluding steroid dienone is 1. The van der Waals surface area contributed by atoms with Crippen molar-refractivity contribution in [1.29, 1.82) is 0 Å². The summed E-state index contributed by atoms with van der Waals surface area (Å²) in [5.74, 6) is -0.189. The Labute approximate surface area is 145 Å². The molecular formula is C19H18ClFO3. The van der Waals surface area contributed by atoms with Crippen molar-refractivity contribution in [2.24, 2.45) is 0 Å². The number of carbonyl (C=O) groups excluding carboxylic acids is 1. The summed E-state index contributed by atoms with van der Waals surface area (Å²) < 4.78 is 24.0. The van der Waals surface area contributed by atoms with Gasteiger partial charge in [-0.2, -0.15) is 0 Å². The fourth-order valence-electron chi connectivity index (χ4n) is 2.32. The van der Waals surface area contributed by atoms with Gasteiger partial charge in [-0.05, 0) is 24.6 Å². The summed E-state index contributed by atoms with van der Waals surface area (Å²) in [4.78, 5) is 11.9. The zero-order valence-electron chi connectivity index (χ0n) is 13.2. The van der Waals surface area contributed by atoms with E-state index >= 15 is 0 Å². The van der Waals surface area contributed by atoms with E-state index in [2.05, 4.69) is 0 Å². The number of alkyl halides is 1. The maximum Gasteiger partial charge on any atom is 0.509 e. The summed E-state index contributed by atoms with van der Waals surface area (Å²) >= 11 is 5.88. The van der Waals surface area contributed by atoms with Crippen LogP contribution >= 0.6 is 11.6 Å². The van der Waals surface area contributed by atoms with Crippen molar-refractivity contribution in [3.8, 4) is 0 Å². The minimum atomic E-state index is -0.819. The average Bonchev–Trinajstić information content (AvgIpc) is 2.59. The van der Waals surface area contributed by atoms with Gasteiger partial charge in [0.1, 0.15) is 5.82 Å². The Morgan fingerprint density at radius 1 is 1.21 bits per heavy atom. The molecule has 0 bridgehead atoms. The molecule has 24 heavy (non-hydrogen) atoms. The number of hydrogen-bond donors (Lipinski definition) is 0. The fraction of sp³-hybridized carbons (Fsp3) is 0.211. The minimum Gasteiger partial charge on any atom is -0.435 e. The van der Waals surface area contributed by atoms with Crippen molar-refractivity contribution in [3.63, 3.8) is 0 Å². The van der Waals surface area contributed by atoms with Crippen molar-refractivity contribution in [2.75, 3.05) is 12.5 Å². The van der Waals surface area contributed by atoms with Gasteiger partial charge in [0.05, 0.1) is 6.61 Å². The molecule has 0 aliphatic rings. The lowest BCUT2D eigenvalue weighted by atomic mass is 9.95. The van der Waals surface area contributed by atoms with Crippen LogP contribution in [-0.2, 0) is 9.47 Å². The molecule has 0 aliphatic carbocycles. The zero-order valence-corrected chi connectivity index (χ0v) is 14.0. The summed E-state index contributed by atoms with van der Waals surface area (Å²) in [6, 6.07) is 15.3. The number of ether oxygens (including phenoxy) is 2. The number of hydrogen-bond acceptors (Lipinski definition) is 3. The van der Waals surface area contributed by atoms with Crippen LogP contribution in [0.4, 0.5) is 9.18 Å². The van der Waals surface area contributed by atoms with E-state index in [4.69, 9.17) is 21.1 Å². The Balaban J connectivity index is 2.46. The normalized spacial score (nSPS) is 12.5. The van der Waals surface area contributed by atoms with Gasteiger partial charge in [0.25, 0.3) is 0 Å². The molecule has 0 amide bonds. The van der Waals surface area contributed by atoms with Gasteiger partial charge in [0, 0.05) is 17.0 Å². The molecule has 0 spiro atoms. The Hall–Kier alpha value is -2.33. The first-order valence-corrected chi connectivity index (χ1v) is 8.09. The number of carbonyl (C=O) groups is 1. The van der Waals surface area contributed by atoms with E-state index in [0.29, 0.717) is 11.1 Å². The van der Waals surface area contributed by atoms with Gasteiger partial charge in [-0.25, -0.2) is 9.18 Å². The van der Waals surface area contributed by atoms with Gasteiger partial charge in [0.15, 0.2) is 6.10 Å². The topological polar surface area (TPSA) is 35.5 Å². The predicted octanol–water partition coefficient (Wildman–Crippen LogP) is 5.36. The lowest BCUT2D eigenvalue weighted by Crippen LogP contribution is -2.15. The third-order valence-electron chi connectivity index (χ3n) is 3.31. The van der Waals surface area contributed by atoms with Crippen LogP contribution in [0.2, 0.25) is 0 Å². The molecule has 0 saturated carbocycles. The van der Waals surface area contributed by atoms with Crippen molar-refractivity contribution in [2.45, 2.75) is 13.0 Å². The third kappa shape index (κ3) is 4.83. The lowest BCUT2D eigenvalue weighted by molar-refractivity contribution is 0.0427. The van der Waals surface area contributed by atoms with E-state index in [1.807, 2.05) is 30.3 Å². The molecule has 2 rings (SSSR count). The van der Waals surface area contributed by atoms with Crippen molar-refractivity contribution in [1.82, 2.24) is 0 Å². The van der Waals surface area contributed by atoms with Crippen molar-refractivity contribution in [3.05, 3.63) is 77.6 Å². The quantitative estimate of drug-likeness (QED) is 0.520. The van der Waals surface area contributed by atoms with Crippen LogP contribution in [0.3, 0.4) is 0 Å². The summed E-state index contributed by atoms with van der Waals surface area (Å²) in [7, 11) is 0. The number of benzene rings is 2. The van der Waals surface area contributed by atoms with Gasteiger partial charge < -0.3 is 9.47 Å². The number of halogens is 2. The monoisotopic (exact) mass is 348 g/mol. The fourth-order valence-corrected chi connectivity index (χ4v) is 2.49. The van der Waals surface area contributed by atoms with Crippen molar-refractivity contribution >= 4 is 23.3 Å². The van der Waals surface area contributed by atoms with Gasteiger partial charge in [-0.15, -0.1) is 11.6 Å². The maximum atomic E-state index is 13.6. The highest BCUT2D eigenvalue weighted by molar-refractivity contribution is 6.19. The molecule has 0 N–H and O–H groups in total. The molecule has 0 aromatic heterocycles. The zero-order chi connectivity index (χ0) is 17.4. The van der Waals surface area contributed by atoms with Gasteiger partial charge in [0.2, 0.25) is 0 Å². The Morgan fingerprint density at radius 2 is 1.96 bits per heavy atom. The van der Waals surface area contributed by atoms with E-state index in [1.54, 1.807) is 25.1 Å². The van der Waals surface area contributed by atoms with Gasteiger partial charge in [-0.1, -0.05) is 48.5 Å². The van der Waals surface area contributed by atoms with E-state index in [-0.39, 0.29) is 12.5 Å². The largest absolute Gasteiger partial charge is 0.509 e. The molecule has 0 aliphatic heterocycles. The van der Waals surface area contributed by atoms with Crippen LogP contribution in [0.25, 0.3) is 5.57 Å². The summed E-state index contributed by atoms with van der Waals surface area (Å²) in [6.45, 7) is 1.87. The Morgan fingerprint density at radius 3 is 2.58 bits per heavy atom. The molecule has 5 heteroatoms. The number of rotatable bonds is 6. The summed E-state index contributed by atoms with van der Waals surface area (Å²) in [5.41, 5.74) is 2.00. The van der Waals surface area contributed by atoms with E-state index in [0.717, 1.165) is 5.56 Å². The minimum absolute atomic E-state index is 0.189. The van der Waals surface area contributed by atoms with Crippen LogP contribution < -0.4 is 0 Å². The Bertz CT molecular complexity index is 701. The summed E-state index contributed by atoms with van der Waals surface area (Å²) in [5, 5.41) is 0. The highest BCUT2D eigenvalue weighted by Crippen LogP contribution is 2.34. The molecule has 0 saturated heterocycles. The second-order valence-corrected chi connectivity index (χ2v) is 5.22. The molecule has 0 fully saturated rings. The van der Waals surface area contributed by atoms with Crippen LogP contribution in [0.5, 0.6) is 0 Å². The van der Waals surface area contributed by atoms with Gasteiger partial charge >= 0.3 is 6.16 Å². The second kappa shape index (κ2) is 9.08. The predicted molar refractivity (Wildman–Crippen MR) is 92.4 cm³/mol. The third-order valence-corrected chi connectivity index (χ3v) is 3.47. The van der Waals surface area contributed by atoms with Crippen LogP contribution in [0.15, 0.2) is 60.7 Å². The Kier molecular flexibility index (Phi) is 6.82. The van der Waals surface area contributed by atoms with E-state index in [1.165, 1.54) is 12.1 Å².